The molecule has 0 atom stereocenters. The lowest BCUT2D eigenvalue weighted by molar-refractivity contribution is 0.102. The number of amides is 1. The fraction of sp³-hybridized carbons (Fsp3) is 0.188. The first kappa shape index (κ1) is 13.1. The van der Waals surface area contributed by atoms with Gasteiger partial charge in [-0.05, 0) is 55.7 Å². The molecule has 0 aliphatic carbocycles. The van der Waals surface area contributed by atoms with Crippen molar-refractivity contribution in [2.24, 2.45) is 0 Å². The van der Waals surface area contributed by atoms with E-state index in [9.17, 15) is 4.79 Å². The SMILES string of the molecule is Cc1ccc(C(=O)Nc2cccc(C)c2C)cc1N. The topological polar surface area (TPSA) is 55.1 Å². The molecule has 0 unspecified atom stereocenters. The number of carbonyl (C=O) groups is 1. The molecular weight excluding hydrogens is 236 g/mol. The molecule has 3 N–H and O–H groups in total. The summed E-state index contributed by atoms with van der Waals surface area (Å²) in [5.41, 5.74) is 11.1. The van der Waals surface area contributed by atoms with E-state index < -0.39 is 0 Å². The van der Waals surface area contributed by atoms with E-state index in [4.69, 9.17) is 5.73 Å². The first-order valence-electron chi connectivity index (χ1n) is 6.22. The van der Waals surface area contributed by atoms with Gasteiger partial charge < -0.3 is 11.1 Å². The van der Waals surface area contributed by atoms with E-state index in [2.05, 4.69) is 5.32 Å². The Kier molecular flexibility index (Phi) is 3.56. The van der Waals surface area contributed by atoms with Crippen molar-refractivity contribution in [2.75, 3.05) is 11.1 Å². The second kappa shape index (κ2) is 5.14. The summed E-state index contributed by atoms with van der Waals surface area (Å²) in [7, 11) is 0. The van der Waals surface area contributed by atoms with Crippen LogP contribution in [-0.4, -0.2) is 5.91 Å². The van der Waals surface area contributed by atoms with E-state index >= 15 is 0 Å². The Morgan fingerprint density at radius 2 is 1.79 bits per heavy atom. The van der Waals surface area contributed by atoms with Crippen LogP contribution in [-0.2, 0) is 0 Å². The molecule has 2 aromatic rings. The first-order valence-corrected chi connectivity index (χ1v) is 6.22. The minimum Gasteiger partial charge on any atom is -0.398 e. The van der Waals surface area contributed by atoms with E-state index in [0.29, 0.717) is 11.3 Å². The number of nitrogens with two attached hydrogens (primary N) is 1. The molecule has 0 bridgehead atoms. The highest BCUT2D eigenvalue weighted by molar-refractivity contribution is 6.05. The maximum atomic E-state index is 12.2. The van der Waals surface area contributed by atoms with Gasteiger partial charge in [0.25, 0.3) is 5.91 Å². The van der Waals surface area contributed by atoms with Crippen molar-refractivity contribution in [1.29, 1.82) is 0 Å². The van der Waals surface area contributed by atoms with Gasteiger partial charge in [-0.25, -0.2) is 0 Å². The average Bonchev–Trinajstić information content (AvgIpc) is 2.38. The molecule has 0 aliphatic heterocycles. The van der Waals surface area contributed by atoms with Crippen LogP contribution in [0.3, 0.4) is 0 Å². The number of nitrogens with one attached hydrogen (secondary N) is 1. The van der Waals surface area contributed by atoms with Crippen LogP contribution in [0.4, 0.5) is 11.4 Å². The number of benzene rings is 2. The Hall–Kier alpha value is -2.29. The number of hydrogen-bond donors (Lipinski definition) is 2. The molecule has 98 valence electrons. The highest BCUT2D eigenvalue weighted by Crippen LogP contribution is 2.20. The predicted octanol–water partition coefficient (Wildman–Crippen LogP) is 3.45. The Bertz CT molecular complexity index is 633. The molecule has 0 aliphatic rings. The lowest BCUT2D eigenvalue weighted by Crippen LogP contribution is -2.13. The highest BCUT2D eigenvalue weighted by atomic mass is 16.1. The zero-order chi connectivity index (χ0) is 14.0. The van der Waals surface area contributed by atoms with Crippen LogP contribution in [0, 0.1) is 20.8 Å². The fourth-order valence-electron chi connectivity index (χ4n) is 1.86. The van der Waals surface area contributed by atoms with E-state index in [1.54, 1.807) is 12.1 Å². The minimum atomic E-state index is -0.139. The third kappa shape index (κ3) is 2.76. The third-order valence-corrected chi connectivity index (χ3v) is 3.39. The smallest absolute Gasteiger partial charge is 0.255 e. The molecule has 19 heavy (non-hydrogen) atoms. The summed E-state index contributed by atoms with van der Waals surface area (Å²) >= 11 is 0. The van der Waals surface area contributed by atoms with Gasteiger partial charge in [-0.15, -0.1) is 0 Å². The summed E-state index contributed by atoms with van der Waals surface area (Å²) in [5, 5.41) is 2.92. The third-order valence-electron chi connectivity index (χ3n) is 3.39. The number of carbonyl (C=O) groups excluding carboxylic acids is 1. The summed E-state index contributed by atoms with van der Waals surface area (Å²) < 4.78 is 0. The predicted molar refractivity (Wildman–Crippen MR) is 79.5 cm³/mol. The molecule has 3 nitrogen and oxygen atoms in total. The number of anilines is 2. The van der Waals surface area contributed by atoms with Crippen molar-refractivity contribution in [3.63, 3.8) is 0 Å². The van der Waals surface area contributed by atoms with Crippen LogP contribution >= 0.6 is 0 Å². The van der Waals surface area contributed by atoms with Gasteiger partial charge in [-0.2, -0.15) is 0 Å². The van der Waals surface area contributed by atoms with E-state index in [0.717, 1.165) is 22.4 Å². The molecule has 0 saturated carbocycles. The van der Waals surface area contributed by atoms with Crippen molar-refractivity contribution in [2.45, 2.75) is 20.8 Å². The zero-order valence-electron chi connectivity index (χ0n) is 11.4. The molecule has 3 heteroatoms. The second-order valence-electron chi connectivity index (χ2n) is 4.77. The van der Waals surface area contributed by atoms with Crippen molar-refractivity contribution in [3.8, 4) is 0 Å². The van der Waals surface area contributed by atoms with Crippen LogP contribution in [0.2, 0.25) is 0 Å². The summed E-state index contributed by atoms with van der Waals surface area (Å²) in [6.07, 6.45) is 0. The van der Waals surface area contributed by atoms with Gasteiger partial charge in [-0.3, -0.25) is 4.79 Å². The van der Waals surface area contributed by atoms with Crippen LogP contribution in [0.15, 0.2) is 36.4 Å². The van der Waals surface area contributed by atoms with Crippen molar-refractivity contribution in [1.82, 2.24) is 0 Å². The Morgan fingerprint density at radius 1 is 1.05 bits per heavy atom. The van der Waals surface area contributed by atoms with Crippen molar-refractivity contribution >= 4 is 17.3 Å². The van der Waals surface area contributed by atoms with Gasteiger partial charge in [0.2, 0.25) is 0 Å². The monoisotopic (exact) mass is 254 g/mol. The molecule has 2 aromatic carbocycles. The fourth-order valence-corrected chi connectivity index (χ4v) is 1.86. The van der Waals surface area contributed by atoms with Gasteiger partial charge >= 0.3 is 0 Å². The largest absolute Gasteiger partial charge is 0.398 e. The van der Waals surface area contributed by atoms with Gasteiger partial charge in [-0.1, -0.05) is 18.2 Å². The van der Waals surface area contributed by atoms with Gasteiger partial charge in [0.1, 0.15) is 0 Å². The number of hydrogen-bond acceptors (Lipinski definition) is 2. The molecule has 0 heterocycles. The quantitative estimate of drug-likeness (QED) is 0.806. The molecule has 0 fully saturated rings. The normalized spacial score (nSPS) is 10.3. The van der Waals surface area contributed by atoms with Gasteiger partial charge in [0.05, 0.1) is 0 Å². The van der Waals surface area contributed by atoms with Crippen molar-refractivity contribution < 1.29 is 4.79 Å². The number of aryl methyl sites for hydroxylation is 2. The zero-order valence-corrected chi connectivity index (χ0v) is 11.4. The Balaban J connectivity index is 2.26. The molecule has 0 aromatic heterocycles. The lowest BCUT2D eigenvalue weighted by atomic mass is 10.1. The van der Waals surface area contributed by atoms with Crippen LogP contribution in [0.1, 0.15) is 27.0 Å². The van der Waals surface area contributed by atoms with Crippen LogP contribution in [0.25, 0.3) is 0 Å². The number of nitrogen functional groups attached to an aromatic ring is 1. The molecule has 0 radical (unpaired) electrons. The molecule has 0 spiro atoms. The molecule has 1 amide bonds. The molecule has 2 rings (SSSR count). The molecule has 0 saturated heterocycles. The summed E-state index contributed by atoms with van der Waals surface area (Å²) in [5.74, 6) is -0.139. The lowest BCUT2D eigenvalue weighted by Gasteiger charge is -2.11. The highest BCUT2D eigenvalue weighted by Gasteiger charge is 2.09. The standard InChI is InChI=1S/C16H18N2O/c1-10-5-4-6-15(12(10)3)18-16(19)13-8-7-11(2)14(17)9-13/h4-9H,17H2,1-3H3,(H,18,19). The van der Waals surface area contributed by atoms with Crippen LogP contribution in [0.5, 0.6) is 0 Å². The van der Waals surface area contributed by atoms with E-state index in [-0.39, 0.29) is 5.91 Å². The van der Waals surface area contributed by atoms with Crippen LogP contribution < -0.4 is 11.1 Å². The molecular formula is C16H18N2O. The average molecular weight is 254 g/mol. The first-order chi connectivity index (χ1) is 8.99. The Morgan fingerprint density at radius 3 is 2.47 bits per heavy atom. The second-order valence-corrected chi connectivity index (χ2v) is 4.77. The summed E-state index contributed by atoms with van der Waals surface area (Å²) in [6.45, 7) is 5.94. The summed E-state index contributed by atoms with van der Waals surface area (Å²) in [6, 6.07) is 11.2. The van der Waals surface area contributed by atoms with Gasteiger partial charge in [0, 0.05) is 16.9 Å². The number of rotatable bonds is 2. The van der Waals surface area contributed by atoms with E-state index in [1.165, 1.54) is 0 Å². The van der Waals surface area contributed by atoms with Crippen molar-refractivity contribution in [3.05, 3.63) is 58.7 Å². The Labute approximate surface area is 113 Å². The minimum absolute atomic E-state index is 0.139. The van der Waals surface area contributed by atoms with Gasteiger partial charge in [0.15, 0.2) is 0 Å². The van der Waals surface area contributed by atoms with E-state index in [1.807, 2.05) is 45.0 Å². The maximum Gasteiger partial charge on any atom is 0.255 e. The maximum absolute atomic E-state index is 12.2. The summed E-state index contributed by atoms with van der Waals surface area (Å²) in [4.78, 5) is 12.2.